The summed E-state index contributed by atoms with van der Waals surface area (Å²) in [7, 11) is 0. The van der Waals surface area contributed by atoms with E-state index in [1.54, 1.807) is 12.3 Å². The third-order valence-electron chi connectivity index (χ3n) is 4.16. The Labute approximate surface area is 177 Å². The molecule has 3 rings (SSSR count). The van der Waals surface area contributed by atoms with Crippen molar-refractivity contribution in [2.75, 3.05) is 6.61 Å². The number of pyridine rings is 1. The van der Waals surface area contributed by atoms with Crippen LogP contribution in [0.2, 0.25) is 0 Å². The molecule has 0 fully saturated rings. The van der Waals surface area contributed by atoms with Crippen molar-refractivity contribution in [2.45, 2.75) is 38.7 Å². The highest BCUT2D eigenvalue weighted by Gasteiger charge is 2.38. The van der Waals surface area contributed by atoms with E-state index in [0.717, 1.165) is 11.3 Å². The first-order valence-electron chi connectivity index (χ1n) is 8.84. The summed E-state index contributed by atoms with van der Waals surface area (Å²) in [5, 5.41) is 11.9. The molecule has 0 spiro atoms. The quantitative estimate of drug-likeness (QED) is 0.454. The van der Waals surface area contributed by atoms with Crippen LogP contribution in [0.4, 0.5) is 13.2 Å². The molecule has 10 heteroatoms. The third kappa shape index (κ3) is 4.65. The van der Waals surface area contributed by atoms with Crippen molar-refractivity contribution < 1.29 is 27.8 Å². The van der Waals surface area contributed by atoms with E-state index in [0.29, 0.717) is 46.0 Å². The predicted octanol–water partition coefficient (Wildman–Crippen LogP) is 5.79. The molecule has 1 N–H and O–H groups in total. The molecule has 3 aromatic rings. The number of aromatic nitrogens is 2. The first kappa shape index (κ1) is 21.8. The fourth-order valence-electron chi connectivity index (χ4n) is 3.00. The fourth-order valence-corrected chi connectivity index (χ4v) is 4.52. The van der Waals surface area contributed by atoms with Crippen LogP contribution in [0.5, 0.6) is 11.5 Å². The highest BCUT2D eigenvalue weighted by atomic mass is 79.9. The molecule has 29 heavy (non-hydrogen) atoms. The molecule has 0 saturated carbocycles. The van der Waals surface area contributed by atoms with E-state index in [1.165, 1.54) is 18.3 Å². The van der Waals surface area contributed by atoms with Crippen LogP contribution in [-0.4, -0.2) is 28.0 Å². The van der Waals surface area contributed by atoms with E-state index in [9.17, 15) is 18.3 Å². The Hall–Kier alpha value is -1.91. The molecule has 1 unspecified atom stereocenters. The Balaban J connectivity index is 2.13. The van der Waals surface area contributed by atoms with Crippen LogP contribution in [0.1, 0.15) is 37.3 Å². The molecule has 1 aromatic carbocycles. The molecule has 156 valence electrons. The van der Waals surface area contributed by atoms with Crippen molar-refractivity contribution in [3.05, 3.63) is 45.6 Å². The second-order valence-corrected chi connectivity index (χ2v) is 8.12. The molecule has 2 aromatic heterocycles. The van der Waals surface area contributed by atoms with Gasteiger partial charge in [0, 0.05) is 18.5 Å². The Kier molecular flexibility index (Phi) is 6.35. The van der Waals surface area contributed by atoms with E-state index in [-0.39, 0.29) is 10.2 Å². The lowest BCUT2D eigenvalue weighted by Crippen LogP contribution is -2.28. The number of alkyl halides is 3. The van der Waals surface area contributed by atoms with Gasteiger partial charge in [-0.05, 0) is 41.4 Å². The van der Waals surface area contributed by atoms with E-state index in [2.05, 4.69) is 30.6 Å². The summed E-state index contributed by atoms with van der Waals surface area (Å²) in [6, 6.07) is 4.36. The number of benzene rings is 1. The number of rotatable bonds is 7. The van der Waals surface area contributed by atoms with Crippen LogP contribution in [0.25, 0.3) is 10.2 Å². The molecule has 0 amide bonds. The van der Waals surface area contributed by atoms with Gasteiger partial charge in [0.1, 0.15) is 22.1 Å². The standard InChI is InChI=1S/C19H18BrF3N2O3S/c1-3-6-18(26,11-10-24-7-5-14(11)27-4-2)17-25-13-8-12(20)15(9-16(13)29-17)28-19(21,22)23/h5,7-10,26H,3-4,6H2,1-2H3. The van der Waals surface area contributed by atoms with Crippen molar-refractivity contribution >= 4 is 37.5 Å². The van der Waals surface area contributed by atoms with Crippen LogP contribution < -0.4 is 9.47 Å². The monoisotopic (exact) mass is 490 g/mol. The lowest BCUT2D eigenvalue weighted by Gasteiger charge is -2.27. The summed E-state index contributed by atoms with van der Waals surface area (Å²) in [4.78, 5) is 8.61. The summed E-state index contributed by atoms with van der Waals surface area (Å²) >= 11 is 4.19. The molecular formula is C19H18BrF3N2O3S. The number of hydrogen-bond acceptors (Lipinski definition) is 6. The molecular weight excluding hydrogens is 473 g/mol. The number of halogens is 4. The summed E-state index contributed by atoms with van der Waals surface area (Å²) in [6.07, 6.45) is -0.739. The summed E-state index contributed by atoms with van der Waals surface area (Å²) in [6.45, 7) is 4.16. The van der Waals surface area contributed by atoms with Crippen LogP contribution in [0, 0.1) is 0 Å². The SMILES string of the molecule is CCCC(O)(c1nc2cc(Br)c(OC(F)(F)F)cc2s1)c1cnccc1OCC. The lowest BCUT2D eigenvalue weighted by atomic mass is 9.90. The van der Waals surface area contributed by atoms with Crippen molar-refractivity contribution in [2.24, 2.45) is 0 Å². The summed E-state index contributed by atoms with van der Waals surface area (Å²) < 4.78 is 48.2. The molecule has 5 nitrogen and oxygen atoms in total. The summed E-state index contributed by atoms with van der Waals surface area (Å²) in [5.74, 6) is 0.121. The third-order valence-corrected chi connectivity index (χ3v) is 5.95. The van der Waals surface area contributed by atoms with Crippen LogP contribution in [-0.2, 0) is 5.60 Å². The smallest absolute Gasteiger partial charge is 0.493 e. The Morgan fingerprint density at radius 2 is 1.97 bits per heavy atom. The van der Waals surface area contributed by atoms with Crippen LogP contribution >= 0.6 is 27.3 Å². The molecule has 0 saturated heterocycles. The van der Waals surface area contributed by atoms with E-state index in [4.69, 9.17) is 4.74 Å². The molecule has 0 aliphatic heterocycles. The maximum absolute atomic E-state index is 12.6. The average Bonchev–Trinajstić information content (AvgIpc) is 3.05. The Morgan fingerprint density at radius 3 is 2.62 bits per heavy atom. The molecule has 0 aliphatic rings. The number of nitrogens with zero attached hydrogens (tertiary/aromatic N) is 2. The fraction of sp³-hybridized carbons (Fsp3) is 0.368. The van der Waals surface area contributed by atoms with Crippen LogP contribution in [0.3, 0.4) is 0 Å². The van der Waals surface area contributed by atoms with Crippen molar-refractivity contribution in [3.8, 4) is 11.5 Å². The minimum atomic E-state index is -4.81. The van der Waals surface area contributed by atoms with Crippen molar-refractivity contribution in [3.63, 3.8) is 0 Å². The van der Waals surface area contributed by atoms with Gasteiger partial charge in [0.15, 0.2) is 0 Å². The number of fused-ring (bicyclic) bond motifs is 1. The van der Waals surface area contributed by atoms with Gasteiger partial charge >= 0.3 is 6.36 Å². The lowest BCUT2D eigenvalue weighted by molar-refractivity contribution is -0.274. The van der Waals surface area contributed by atoms with E-state index in [1.807, 2.05) is 13.8 Å². The molecule has 1 atom stereocenters. The van der Waals surface area contributed by atoms with Crippen molar-refractivity contribution in [1.29, 1.82) is 0 Å². The first-order valence-corrected chi connectivity index (χ1v) is 10.4. The summed E-state index contributed by atoms with van der Waals surface area (Å²) in [5.41, 5.74) is -0.578. The Bertz CT molecular complexity index is 1010. The average molecular weight is 491 g/mol. The van der Waals surface area contributed by atoms with Gasteiger partial charge in [0.25, 0.3) is 0 Å². The van der Waals surface area contributed by atoms with Crippen molar-refractivity contribution in [1.82, 2.24) is 9.97 Å². The zero-order chi connectivity index (χ0) is 21.2. The minimum Gasteiger partial charge on any atom is -0.493 e. The highest BCUT2D eigenvalue weighted by molar-refractivity contribution is 9.10. The number of hydrogen-bond donors (Lipinski definition) is 1. The zero-order valence-electron chi connectivity index (χ0n) is 15.6. The predicted molar refractivity (Wildman–Crippen MR) is 107 cm³/mol. The van der Waals surface area contributed by atoms with Gasteiger partial charge < -0.3 is 14.6 Å². The normalized spacial score (nSPS) is 14.0. The van der Waals surface area contributed by atoms with Gasteiger partial charge in [-0.3, -0.25) is 4.98 Å². The van der Waals surface area contributed by atoms with Gasteiger partial charge in [-0.15, -0.1) is 24.5 Å². The molecule has 0 radical (unpaired) electrons. The topological polar surface area (TPSA) is 64.5 Å². The largest absolute Gasteiger partial charge is 0.573 e. The number of aliphatic hydroxyl groups is 1. The van der Waals surface area contributed by atoms with Gasteiger partial charge in [-0.2, -0.15) is 0 Å². The Morgan fingerprint density at radius 1 is 1.21 bits per heavy atom. The van der Waals surface area contributed by atoms with Crippen LogP contribution in [0.15, 0.2) is 35.1 Å². The second kappa shape index (κ2) is 8.45. The van der Waals surface area contributed by atoms with Gasteiger partial charge in [-0.25, -0.2) is 4.98 Å². The van der Waals surface area contributed by atoms with E-state index >= 15 is 0 Å². The van der Waals surface area contributed by atoms with E-state index < -0.39 is 12.0 Å². The number of thiazole rings is 1. The first-order chi connectivity index (χ1) is 13.7. The second-order valence-electron chi connectivity index (χ2n) is 6.23. The molecule has 0 aliphatic carbocycles. The number of ether oxygens (including phenoxy) is 2. The molecule has 2 heterocycles. The molecule has 0 bridgehead atoms. The van der Waals surface area contributed by atoms with Gasteiger partial charge in [0.05, 0.1) is 26.9 Å². The zero-order valence-corrected chi connectivity index (χ0v) is 18.0. The highest BCUT2D eigenvalue weighted by Crippen LogP contribution is 2.43. The maximum Gasteiger partial charge on any atom is 0.573 e. The maximum atomic E-state index is 12.6. The minimum absolute atomic E-state index is 0.120. The van der Waals surface area contributed by atoms with Gasteiger partial charge in [-0.1, -0.05) is 13.3 Å². The van der Waals surface area contributed by atoms with Gasteiger partial charge in [0.2, 0.25) is 0 Å².